The Kier molecular flexibility index (Phi) is 6.06. The lowest BCUT2D eigenvalue weighted by Crippen LogP contribution is -2.02. The van der Waals surface area contributed by atoms with Crippen molar-refractivity contribution in [2.24, 2.45) is 0 Å². The van der Waals surface area contributed by atoms with Gasteiger partial charge in [-0.15, -0.1) is 0 Å². The second-order valence-electron chi connectivity index (χ2n) is 6.16. The summed E-state index contributed by atoms with van der Waals surface area (Å²) in [5.74, 6) is 2.48. The van der Waals surface area contributed by atoms with Gasteiger partial charge in [0, 0.05) is 35.0 Å². The predicted octanol–water partition coefficient (Wildman–Crippen LogP) is 5.56. The zero-order valence-corrected chi connectivity index (χ0v) is 17.8. The molecule has 0 saturated heterocycles. The minimum Gasteiger partial charge on any atom is -0.497 e. The van der Waals surface area contributed by atoms with Crippen LogP contribution in [0.25, 0.3) is 11.0 Å². The number of anilines is 3. The number of nitrogens with one attached hydrogen (secondary N) is 2. The molecule has 2 aromatic carbocycles. The molecule has 0 amide bonds. The van der Waals surface area contributed by atoms with E-state index < -0.39 is 0 Å². The van der Waals surface area contributed by atoms with Crippen LogP contribution in [0.3, 0.4) is 0 Å². The van der Waals surface area contributed by atoms with Gasteiger partial charge < -0.3 is 19.5 Å². The van der Waals surface area contributed by atoms with Crippen LogP contribution < -0.4 is 19.5 Å². The fraction of sp³-hybridized carbons (Fsp3) is 0.0952. The van der Waals surface area contributed by atoms with Gasteiger partial charge in [-0.2, -0.15) is 0 Å². The van der Waals surface area contributed by atoms with Crippen molar-refractivity contribution in [1.82, 2.24) is 15.0 Å². The van der Waals surface area contributed by atoms with E-state index in [2.05, 4.69) is 15.0 Å². The summed E-state index contributed by atoms with van der Waals surface area (Å²) in [5.41, 5.74) is 2.32. The number of hydrogen-bond acceptors (Lipinski definition) is 8. The first-order chi connectivity index (χ1) is 14.6. The van der Waals surface area contributed by atoms with Crippen molar-refractivity contribution < 1.29 is 9.47 Å². The van der Waals surface area contributed by atoms with Gasteiger partial charge in [0.2, 0.25) is 0 Å². The first-order valence-corrected chi connectivity index (χ1v) is 10.2. The van der Waals surface area contributed by atoms with E-state index in [0.29, 0.717) is 28.3 Å². The van der Waals surface area contributed by atoms with Crippen LogP contribution in [-0.2, 0) is 0 Å². The van der Waals surface area contributed by atoms with Gasteiger partial charge in [-0.1, -0.05) is 23.7 Å². The number of pyridine rings is 1. The van der Waals surface area contributed by atoms with Crippen molar-refractivity contribution >= 4 is 51.9 Å². The largest absolute Gasteiger partial charge is 0.497 e. The molecular formula is C21H18ClN5O2S. The third-order valence-corrected chi connectivity index (χ3v) is 5.15. The second-order valence-corrected chi connectivity index (χ2v) is 7.42. The number of benzene rings is 2. The minimum atomic E-state index is 0.444. The number of nitrogens with zero attached hydrogens (tertiary/aromatic N) is 3. The maximum atomic E-state index is 5.87. The third kappa shape index (κ3) is 4.67. The highest BCUT2D eigenvalue weighted by Gasteiger charge is 2.11. The van der Waals surface area contributed by atoms with Gasteiger partial charge in [0.15, 0.2) is 11.6 Å². The minimum absolute atomic E-state index is 0.444. The predicted molar refractivity (Wildman–Crippen MR) is 121 cm³/mol. The molecule has 0 bridgehead atoms. The highest BCUT2D eigenvalue weighted by Crippen LogP contribution is 2.32. The second kappa shape index (κ2) is 9.06. The van der Waals surface area contributed by atoms with Gasteiger partial charge in [0.1, 0.15) is 16.7 Å². The quantitative estimate of drug-likeness (QED) is 0.286. The Hall–Kier alpha value is -3.23. The van der Waals surface area contributed by atoms with Crippen LogP contribution in [0.2, 0.25) is 5.15 Å². The molecular weight excluding hydrogens is 422 g/mol. The number of methoxy groups -OCH3 is 2. The van der Waals surface area contributed by atoms with Crippen molar-refractivity contribution in [3.8, 4) is 11.5 Å². The van der Waals surface area contributed by atoms with E-state index in [4.69, 9.17) is 31.0 Å². The van der Waals surface area contributed by atoms with E-state index in [0.717, 1.165) is 21.6 Å². The number of rotatable bonds is 7. The number of aromatic nitrogens is 3. The lowest BCUT2D eigenvalue weighted by atomic mass is 10.2. The Morgan fingerprint density at radius 2 is 1.53 bits per heavy atom. The molecule has 152 valence electrons. The van der Waals surface area contributed by atoms with E-state index >= 15 is 0 Å². The van der Waals surface area contributed by atoms with Gasteiger partial charge in [-0.05, 0) is 36.2 Å². The summed E-state index contributed by atoms with van der Waals surface area (Å²) in [7, 11) is 3.22. The van der Waals surface area contributed by atoms with Gasteiger partial charge in [0.05, 0.1) is 25.3 Å². The SMILES string of the molecule is COc1cc(Nc2nc3ccccc3nc2NSc2ccc(Cl)nc2)cc(OC)c1. The van der Waals surface area contributed by atoms with Crippen LogP contribution >= 0.6 is 23.5 Å². The fourth-order valence-corrected chi connectivity index (χ4v) is 3.41. The number of halogens is 1. The Morgan fingerprint density at radius 3 is 2.13 bits per heavy atom. The maximum Gasteiger partial charge on any atom is 0.180 e. The zero-order valence-electron chi connectivity index (χ0n) is 16.2. The number of fused-ring (bicyclic) bond motifs is 1. The normalized spacial score (nSPS) is 10.6. The smallest absolute Gasteiger partial charge is 0.180 e. The van der Waals surface area contributed by atoms with Crippen LogP contribution in [0.15, 0.2) is 65.7 Å². The van der Waals surface area contributed by atoms with Crippen LogP contribution in [0, 0.1) is 0 Å². The molecule has 2 heterocycles. The average molecular weight is 440 g/mol. The highest BCUT2D eigenvalue weighted by atomic mass is 35.5. The maximum absolute atomic E-state index is 5.87. The van der Waals surface area contributed by atoms with Crippen LogP contribution in [0.1, 0.15) is 0 Å². The molecule has 30 heavy (non-hydrogen) atoms. The van der Waals surface area contributed by atoms with Crippen molar-refractivity contribution in [2.75, 3.05) is 24.3 Å². The monoisotopic (exact) mass is 439 g/mol. The Morgan fingerprint density at radius 1 is 0.867 bits per heavy atom. The number of para-hydroxylation sites is 2. The average Bonchev–Trinajstić information content (AvgIpc) is 2.78. The molecule has 7 nitrogen and oxygen atoms in total. The Labute approximate surface area is 183 Å². The molecule has 0 aliphatic heterocycles. The molecule has 9 heteroatoms. The summed E-state index contributed by atoms with van der Waals surface area (Å²) in [6, 6.07) is 16.8. The van der Waals surface area contributed by atoms with Gasteiger partial charge in [0.25, 0.3) is 0 Å². The molecule has 2 N–H and O–H groups in total. The topological polar surface area (TPSA) is 81.2 Å². The summed E-state index contributed by atoms with van der Waals surface area (Å²) >= 11 is 7.23. The molecule has 0 unspecified atom stereocenters. The molecule has 4 rings (SSSR count). The van der Waals surface area contributed by atoms with Crippen LogP contribution in [0.5, 0.6) is 11.5 Å². The van der Waals surface area contributed by atoms with Crippen LogP contribution in [-0.4, -0.2) is 29.2 Å². The molecule has 0 saturated carbocycles. The first-order valence-electron chi connectivity index (χ1n) is 8.96. The zero-order chi connectivity index (χ0) is 20.9. The molecule has 2 aromatic heterocycles. The summed E-state index contributed by atoms with van der Waals surface area (Å²) in [4.78, 5) is 14.5. The van der Waals surface area contributed by atoms with E-state index in [1.807, 2.05) is 42.5 Å². The van der Waals surface area contributed by atoms with Crippen LogP contribution in [0.4, 0.5) is 17.3 Å². The Balaban J connectivity index is 1.68. The van der Waals surface area contributed by atoms with E-state index in [1.54, 1.807) is 32.5 Å². The molecule has 0 atom stereocenters. The summed E-state index contributed by atoms with van der Waals surface area (Å²) in [6.07, 6.45) is 1.69. The number of hydrogen-bond donors (Lipinski definition) is 2. The van der Waals surface area contributed by atoms with E-state index in [9.17, 15) is 0 Å². The fourth-order valence-electron chi connectivity index (χ4n) is 2.70. The molecule has 0 radical (unpaired) electrons. The van der Waals surface area contributed by atoms with E-state index in [-0.39, 0.29) is 0 Å². The first kappa shape index (κ1) is 20.1. The summed E-state index contributed by atoms with van der Waals surface area (Å²) in [5, 5.41) is 3.76. The standard InChI is InChI=1S/C21H18ClN5O2S/c1-28-14-9-13(10-15(11-14)29-2)24-20-21(26-18-6-4-3-5-17(18)25-20)27-30-16-7-8-19(22)23-12-16/h3-12H,1-2H3,(H,24,25)(H,26,27). The highest BCUT2D eigenvalue weighted by molar-refractivity contribution is 8.00. The molecule has 0 aliphatic carbocycles. The van der Waals surface area contributed by atoms with Gasteiger partial charge >= 0.3 is 0 Å². The lowest BCUT2D eigenvalue weighted by molar-refractivity contribution is 0.395. The van der Waals surface area contributed by atoms with Gasteiger partial charge in [-0.3, -0.25) is 0 Å². The van der Waals surface area contributed by atoms with Crippen molar-refractivity contribution in [3.63, 3.8) is 0 Å². The van der Waals surface area contributed by atoms with Crippen molar-refractivity contribution in [3.05, 3.63) is 65.9 Å². The van der Waals surface area contributed by atoms with Crippen molar-refractivity contribution in [1.29, 1.82) is 0 Å². The lowest BCUT2D eigenvalue weighted by Gasteiger charge is -2.14. The van der Waals surface area contributed by atoms with E-state index in [1.165, 1.54) is 11.9 Å². The summed E-state index contributed by atoms with van der Waals surface area (Å²) in [6.45, 7) is 0. The molecule has 0 fully saturated rings. The van der Waals surface area contributed by atoms with Crippen molar-refractivity contribution in [2.45, 2.75) is 4.90 Å². The number of ether oxygens (including phenoxy) is 2. The molecule has 0 spiro atoms. The summed E-state index contributed by atoms with van der Waals surface area (Å²) < 4.78 is 14.0. The third-order valence-electron chi connectivity index (χ3n) is 4.15. The molecule has 0 aliphatic rings. The van der Waals surface area contributed by atoms with Gasteiger partial charge in [-0.25, -0.2) is 15.0 Å². The molecule has 4 aromatic rings. The Bertz CT molecular complexity index is 1150.